The van der Waals surface area contributed by atoms with Crippen LogP contribution in [0.4, 0.5) is 0 Å². The molecular weight excluding hydrogens is 254 g/mol. The Balaban J connectivity index is 2.21. The molecule has 102 valence electrons. The molecule has 0 saturated heterocycles. The molecule has 2 aromatic carbocycles. The van der Waals surface area contributed by atoms with Crippen LogP contribution < -0.4 is 5.32 Å². The van der Waals surface area contributed by atoms with Gasteiger partial charge in [0.25, 0.3) is 5.91 Å². The van der Waals surface area contributed by atoms with Crippen molar-refractivity contribution in [1.82, 2.24) is 5.32 Å². The summed E-state index contributed by atoms with van der Waals surface area (Å²) >= 11 is 0. The summed E-state index contributed by atoms with van der Waals surface area (Å²) < 4.78 is 4.75. The van der Waals surface area contributed by atoms with Crippen LogP contribution >= 0.6 is 0 Å². The van der Waals surface area contributed by atoms with Crippen LogP contribution in [0.1, 0.15) is 22.0 Å². The minimum Gasteiger partial charge on any atom is -0.467 e. The van der Waals surface area contributed by atoms with E-state index in [9.17, 15) is 9.59 Å². The highest BCUT2D eigenvalue weighted by Gasteiger charge is 2.23. The highest BCUT2D eigenvalue weighted by molar-refractivity contribution is 5.97. The molecule has 0 aliphatic rings. The lowest BCUT2D eigenvalue weighted by Gasteiger charge is -2.16. The second kappa shape index (κ2) is 6.52. The fraction of sp³-hybridized carbons (Fsp3) is 0.125. The molecule has 0 aliphatic heterocycles. The van der Waals surface area contributed by atoms with Gasteiger partial charge in [0, 0.05) is 5.56 Å². The monoisotopic (exact) mass is 269 g/mol. The van der Waals surface area contributed by atoms with Crippen molar-refractivity contribution in [3.05, 3.63) is 71.8 Å². The van der Waals surface area contributed by atoms with Crippen LogP contribution in [0.15, 0.2) is 60.7 Å². The Hall–Kier alpha value is -2.62. The first-order chi connectivity index (χ1) is 9.72. The fourth-order valence-corrected chi connectivity index (χ4v) is 1.85. The number of rotatable bonds is 4. The number of nitrogens with one attached hydrogen (secondary N) is 1. The van der Waals surface area contributed by atoms with Crippen molar-refractivity contribution in [2.45, 2.75) is 6.04 Å². The second-order valence-electron chi connectivity index (χ2n) is 4.21. The van der Waals surface area contributed by atoms with Crippen molar-refractivity contribution >= 4 is 11.9 Å². The average molecular weight is 269 g/mol. The molecule has 20 heavy (non-hydrogen) atoms. The van der Waals surface area contributed by atoms with Gasteiger partial charge in [-0.1, -0.05) is 48.5 Å². The summed E-state index contributed by atoms with van der Waals surface area (Å²) in [4.78, 5) is 24.0. The van der Waals surface area contributed by atoms with Crippen LogP contribution in [0.2, 0.25) is 0 Å². The van der Waals surface area contributed by atoms with Gasteiger partial charge in [0.2, 0.25) is 0 Å². The van der Waals surface area contributed by atoms with E-state index in [-0.39, 0.29) is 5.91 Å². The van der Waals surface area contributed by atoms with Gasteiger partial charge in [0.15, 0.2) is 6.04 Å². The van der Waals surface area contributed by atoms with E-state index in [0.29, 0.717) is 11.1 Å². The zero-order chi connectivity index (χ0) is 14.4. The van der Waals surface area contributed by atoms with Crippen molar-refractivity contribution < 1.29 is 14.3 Å². The molecule has 0 unspecified atom stereocenters. The second-order valence-corrected chi connectivity index (χ2v) is 4.21. The Morgan fingerprint density at radius 1 is 0.950 bits per heavy atom. The Morgan fingerprint density at radius 3 is 2.05 bits per heavy atom. The number of amides is 1. The number of ether oxygens (including phenoxy) is 1. The maximum Gasteiger partial charge on any atom is 0.333 e. The van der Waals surface area contributed by atoms with Gasteiger partial charge in [0.1, 0.15) is 0 Å². The third-order valence-corrected chi connectivity index (χ3v) is 2.88. The molecule has 1 atom stereocenters. The quantitative estimate of drug-likeness (QED) is 0.867. The molecule has 0 radical (unpaired) electrons. The van der Waals surface area contributed by atoms with Gasteiger partial charge in [-0.3, -0.25) is 4.79 Å². The Morgan fingerprint density at radius 2 is 1.50 bits per heavy atom. The van der Waals surface area contributed by atoms with Gasteiger partial charge >= 0.3 is 5.97 Å². The summed E-state index contributed by atoms with van der Waals surface area (Å²) in [6, 6.07) is 16.9. The van der Waals surface area contributed by atoms with Crippen LogP contribution in [-0.2, 0) is 9.53 Å². The number of esters is 1. The molecule has 2 aromatic rings. The van der Waals surface area contributed by atoms with Gasteiger partial charge in [-0.15, -0.1) is 0 Å². The predicted molar refractivity (Wildman–Crippen MR) is 75.1 cm³/mol. The summed E-state index contributed by atoms with van der Waals surface area (Å²) in [6.07, 6.45) is 0. The normalized spacial score (nSPS) is 11.4. The fourth-order valence-electron chi connectivity index (χ4n) is 1.85. The van der Waals surface area contributed by atoms with Crippen LogP contribution in [0.5, 0.6) is 0 Å². The summed E-state index contributed by atoms with van der Waals surface area (Å²) in [6.45, 7) is 0. The summed E-state index contributed by atoms with van der Waals surface area (Å²) in [5, 5.41) is 2.69. The van der Waals surface area contributed by atoms with E-state index in [1.54, 1.807) is 48.5 Å². The van der Waals surface area contributed by atoms with Crippen molar-refractivity contribution in [3.63, 3.8) is 0 Å². The first-order valence-corrected chi connectivity index (χ1v) is 6.21. The molecule has 0 fully saturated rings. The molecule has 0 aliphatic carbocycles. The molecule has 4 nitrogen and oxygen atoms in total. The van der Waals surface area contributed by atoms with E-state index in [1.807, 2.05) is 12.1 Å². The summed E-state index contributed by atoms with van der Waals surface area (Å²) in [5.41, 5.74) is 1.18. The number of hydrogen-bond donors (Lipinski definition) is 1. The molecule has 1 N–H and O–H groups in total. The van der Waals surface area contributed by atoms with Crippen molar-refractivity contribution in [2.24, 2.45) is 0 Å². The van der Waals surface area contributed by atoms with Crippen LogP contribution in [0, 0.1) is 0 Å². The zero-order valence-electron chi connectivity index (χ0n) is 11.1. The predicted octanol–water partition coefficient (Wildman–Crippen LogP) is 2.33. The van der Waals surface area contributed by atoms with Crippen molar-refractivity contribution in [3.8, 4) is 0 Å². The van der Waals surface area contributed by atoms with Crippen LogP contribution in [0.3, 0.4) is 0 Å². The lowest BCUT2D eigenvalue weighted by atomic mass is 10.1. The van der Waals surface area contributed by atoms with Crippen molar-refractivity contribution in [2.75, 3.05) is 7.11 Å². The number of carbonyl (C=O) groups is 2. The highest BCUT2D eigenvalue weighted by Crippen LogP contribution is 2.15. The maximum atomic E-state index is 12.1. The molecule has 1 amide bonds. The number of carbonyl (C=O) groups excluding carboxylic acids is 2. The summed E-state index contributed by atoms with van der Waals surface area (Å²) in [7, 11) is 1.30. The van der Waals surface area contributed by atoms with E-state index in [4.69, 9.17) is 4.74 Å². The molecule has 4 heteroatoms. The maximum absolute atomic E-state index is 12.1. The molecule has 2 rings (SSSR count). The van der Waals surface area contributed by atoms with Crippen molar-refractivity contribution in [1.29, 1.82) is 0 Å². The topological polar surface area (TPSA) is 55.4 Å². The first-order valence-electron chi connectivity index (χ1n) is 6.21. The molecular formula is C16H15NO3. The SMILES string of the molecule is COC(=O)[C@@H](NC(=O)c1ccccc1)c1ccccc1. The van der Waals surface area contributed by atoms with Gasteiger partial charge in [0.05, 0.1) is 7.11 Å². The van der Waals surface area contributed by atoms with E-state index in [1.165, 1.54) is 7.11 Å². The zero-order valence-corrected chi connectivity index (χ0v) is 11.1. The molecule has 0 heterocycles. The largest absolute Gasteiger partial charge is 0.467 e. The molecule has 0 aromatic heterocycles. The first kappa shape index (κ1) is 13.8. The van der Waals surface area contributed by atoms with E-state index < -0.39 is 12.0 Å². The molecule has 0 spiro atoms. The summed E-state index contributed by atoms with van der Waals surface area (Å²) in [5.74, 6) is -0.815. The third-order valence-electron chi connectivity index (χ3n) is 2.88. The van der Waals surface area contributed by atoms with Gasteiger partial charge in [-0.05, 0) is 17.7 Å². The number of benzene rings is 2. The van der Waals surface area contributed by atoms with Crippen LogP contribution in [0.25, 0.3) is 0 Å². The van der Waals surface area contributed by atoms with E-state index in [0.717, 1.165) is 0 Å². The number of methoxy groups -OCH3 is 1. The van der Waals surface area contributed by atoms with E-state index >= 15 is 0 Å². The minimum atomic E-state index is -0.811. The smallest absolute Gasteiger partial charge is 0.333 e. The van der Waals surface area contributed by atoms with Gasteiger partial charge < -0.3 is 10.1 Å². The van der Waals surface area contributed by atoms with Gasteiger partial charge in [-0.2, -0.15) is 0 Å². The van der Waals surface area contributed by atoms with E-state index in [2.05, 4.69) is 5.32 Å². The Labute approximate surface area is 117 Å². The standard InChI is InChI=1S/C16H15NO3/c1-20-16(19)14(12-8-4-2-5-9-12)17-15(18)13-10-6-3-7-11-13/h2-11,14H,1H3,(H,17,18)/t14-/m0/s1. The van der Waals surface area contributed by atoms with Gasteiger partial charge in [-0.25, -0.2) is 4.79 Å². The third kappa shape index (κ3) is 3.23. The lowest BCUT2D eigenvalue weighted by molar-refractivity contribution is -0.143. The highest BCUT2D eigenvalue weighted by atomic mass is 16.5. The Bertz CT molecular complexity index is 581. The molecule has 0 saturated carbocycles. The lowest BCUT2D eigenvalue weighted by Crippen LogP contribution is -2.34. The number of hydrogen-bond acceptors (Lipinski definition) is 3. The minimum absolute atomic E-state index is 0.315. The molecule has 0 bridgehead atoms. The van der Waals surface area contributed by atoms with Crippen LogP contribution in [-0.4, -0.2) is 19.0 Å². The average Bonchev–Trinajstić information content (AvgIpc) is 2.53. The Kier molecular flexibility index (Phi) is 4.50.